The van der Waals surface area contributed by atoms with E-state index < -0.39 is 5.92 Å². The lowest BCUT2D eigenvalue weighted by Gasteiger charge is -2.10. The van der Waals surface area contributed by atoms with Crippen LogP contribution in [0, 0.1) is 5.41 Å². The quantitative estimate of drug-likeness (QED) is 0.857. The summed E-state index contributed by atoms with van der Waals surface area (Å²) in [4.78, 5) is 17.3. The van der Waals surface area contributed by atoms with E-state index >= 15 is 0 Å². The molecular weight excluding hydrogens is 332 g/mol. The van der Waals surface area contributed by atoms with Crippen molar-refractivity contribution in [2.75, 3.05) is 14.2 Å². The van der Waals surface area contributed by atoms with Crippen LogP contribution >= 0.6 is 23.1 Å². The summed E-state index contributed by atoms with van der Waals surface area (Å²) in [5, 5.41) is 10.9. The number of ketones is 1. The number of nitrogens with one attached hydrogen (secondary N) is 1. The number of Topliss-reactive ketones (excluding diaryl/α,β-unsaturated/α-hetero) is 1. The van der Waals surface area contributed by atoms with Crippen LogP contribution in [0.15, 0.2) is 34.7 Å². The van der Waals surface area contributed by atoms with Crippen molar-refractivity contribution in [1.82, 2.24) is 4.98 Å². The molecule has 118 valence electrons. The molecule has 1 aromatic heterocycles. The number of rotatable bonds is 4. The molecule has 1 aliphatic heterocycles. The number of allylic oxidation sites excluding steroid dienone is 1. The number of carbonyl (C=O) groups is 1. The van der Waals surface area contributed by atoms with E-state index in [4.69, 9.17) is 14.9 Å². The Labute approximate surface area is 141 Å². The largest absolute Gasteiger partial charge is 0.493 e. The van der Waals surface area contributed by atoms with Gasteiger partial charge in [-0.15, -0.1) is 11.3 Å². The Morgan fingerprint density at radius 1 is 1.30 bits per heavy atom. The number of thiazole rings is 1. The predicted octanol–water partition coefficient (Wildman–Crippen LogP) is 3.58. The minimum atomic E-state index is -0.581. The fourth-order valence-electron chi connectivity index (χ4n) is 2.36. The number of carbonyl (C=O) groups excluding carboxylic acids is 1. The highest BCUT2D eigenvalue weighted by molar-refractivity contribution is 8.19. The molecule has 1 atom stereocenters. The first-order valence-electron chi connectivity index (χ1n) is 6.78. The van der Waals surface area contributed by atoms with Gasteiger partial charge < -0.3 is 9.47 Å². The first-order chi connectivity index (χ1) is 11.2. The van der Waals surface area contributed by atoms with Crippen molar-refractivity contribution < 1.29 is 14.3 Å². The zero-order valence-corrected chi connectivity index (χ0v) is 14.2. The standard InChI is InChI=1S/C16H14N2O3S2/c1-20-10-5-3-4-9(14(10)21-2)8-11-13(19)12(15(17)23-11)16-18-6-7-22-16/h3-8,12,17H,1-2H3/b11-8-,17-15?/t12-/m1/s1. The Balaban J connectivity index is 1.99. The third kappa shape index (κ3) is 2.89. The average Bonchev–Trinajstić information content (AvgIpc) is 3.16. The summed E-state index contributed by atoms with van der Waals surface area (Å²) in [5.41, 5.74) is 0.746. The monoisotopic (exact) mass is 346 g/mol. The Morgan fingerprint density at radius 3 is 2.78 bits per heavy atom. The summed E-state index contributed by atoms with van der Waals surface area (Å²) in [5.74, 6) is 0.492. The summed E-state index contributed by atoms with van der Waals surface area (Å²) >= 11 is 2.56. The molecule has 2 aromatic rings. The summed E-state index contributed by atoms with van der Waals surface area (Å²) in [6.45, 7) is 0. The van der Waals surface area contributed by atoms with Crippen LogP contribution in [-0.2, 0) is 4.79 Å². The fraction of sp³-hybridized carbons (Fsp3) is 0.188. The fourth-order valence-corrected chi connectivity index (χ4v) is 4.15. The van der Waals surface area contributed by atoms with Gasteiger partial charge in [0.05, 0.1) is 24.2 Å². The number of aromatic nitrogens is 1. The lowest BCUT2D eigenvalue weighted by molar-refractivity contribution is -0.114. The molecule has 1 saturated heterocycles. The van der Waals surface area contributed by atoms with E-state index in [1.54, 1.807) is 32.6 Å². The number of hydrogen-bond acceptors (Lipinski definition) is 7. The molecular formula is C16H14N2O3S2. The van der Waals surface area contributed by atoms with E-state index in [0.717, 1.165) is 5.56 Å². The van der Waals surface area contributed by atoms with Crippen molar-refractivity contribution in [3.63, 3.8) is 0 Å². The summed E-state index contributed by atoms with van der Waals surface area (Å²) in [6.07, 6.45) is 3.40. The van der Waals surface area contributed by atoms with Gasteiger partial charge in [0, 0.05) is 17.1 Å². The summed E-state index contributed by atoms with van der Waals surface area (Å²) in [6, 6.07) is 5.48. The normalized spacial score (nSPS) is 19.4. The van der Waals surface area contributed by atoms with Crippen molar-refractivity contribution in [2.24, 2.45) is 0 Å². The van der Waals surface area contributed by atoms with Crippen LogP contribution < -0.4 is 9.47 Å². The van der Waals surface area contributed by atoms with Crippen LogP contribution in [0.4, 0.5) is 0 Å². The molecule has 2 heterocycles. The molecule has 23 heavy (non-hydrogen) atoms. The van der Waals surface area contributed by atoms with Gasteiger partial charge in [0.15, 0.2) is 17.3 Å². The number of para-hydroxylation sites is 1. The van der Waals surface area contributed by atoms with Crippen LogP contribution in [0.3, 0.4) is 0 Å². The van der Waals surface area contributed by atoms with Crippen LogP contribution in [0.25, 0.3) is 6.08 Å². The minimum Gasteiger partial charge on any atom is -0.493 e. The van der Waals surface area contributed by atoms with Crippen LogP contribution in [0.2, 0.25) is 0 Å². The van der Waals surface area contributed by atoms with E-state index in [2.05, 4.69) is 4.98 Å². The maximum atomic E-state index is 12.6. The highest BCUT2D eigenvalue weighted by Gasteiger charge is 2.38. The molecule has 0 radical (unpaired) electrons. The second kappa shape index (κ2) is 6.55. The number of benzene rings is 1. The number of hydrogen-bond donors (Lipinski definition) is 1. The van der Waals surface area contributed by atoms with Gasteiger partial charge in [-0.25, -0.2) is 4.98 Å². The van der Waals surface area contributed by atoms with Gasteiger partial charge in [0.25, 0.3) is 0 Å². The summed E-state index contributed by atoms with van der Waals surface area (Å²) in [7, 11) is 3.13. The second-order valence-electron chi connectivity index (χ2n) is 4.73. The van der Waals surface area contributed by atoms with Crippen molar-refractivity contribution >= 4 is 40.0 Å². The third-order valence-electron chi connectivity index (χ3n) is 3.41. The topological polar surface area (TPSA) is 72.3 Å². The van der Waals surface area contributed by atoms with Gasteiger partial charge in [0.1, 0.15) is 10.9 Å². The molecule has 1 fully saturated rings. The van der Waals surface area contributed by atoms with Gasteiger partial charge in [-0.1, -0.05) is 23.9 Å². The van der Waals surface area contributed by atoms with E-state index in [1.165, 1.54) is 23.1 Å². The maximum absolute atomic E-state index is 12.6. The molecule has 1 aliphatic rings. The molecule has 0 spiro atoms. The van der Waals surface area contributed by atoms with Crippen molar-refractivity contribution in [1.29, 1.82) is 5.41 Å². The number of nitrogens with zero attached hydrogens (tertiary/aromatic N) is 1. The van der Waals surface area contributed by atoms with Crippen molar-refractivity contribution in [3.05, 3.63) is 45.3 Å². The average molecular weight is 346 g/mol. The van der Waals surface area contributed by atoms with Gasteiger partial charge in [0.2, 0.25) is 0 Å². The van der Waals surface area contributed by atoms with Crippen molar-refractivity contribution in [3.8, 4) is 11.5 Å². The number of methoxy groups -OCH3 is 2. The smallest absolute Gasteiger partial charge is 0.186 e. The Bertz CT molecular complexity index is 785. The minimum absolute atomic E-state index is 0.0974. The highest BCUT2D eigenvalue weighted by Crippen LogP contribution is 2.42. The van der Waals surface area contributed by atoms with Crippen LogP contribution in [-0.4, -0.2) is 30.0 Å². The molecule has 1 aromatic carbocycles. The lowest BCUT2D eigenvalue weighted by Crippen LogP contribution is -2.11. The molecule has 7 heteroatoms. The van der Waals surface area contributed by atoms with Crippen LogP contribution in [0.5, 0.6) is 11.5 Å². The predicted molar refractivity (Wildman–Crippen MR) is 92.7 cm³/mol. The lowest BCUT2D eigenvalue weighted by atomic mass is 10.0. The third-order valence-corrected chi connectivity index (χ3v) is 5.24. The van der Waals surface area contributed by atoms with Gasteiger partial charge in [-0.05, 0) is 12.1 Å². The Kier molecular flexibility index (Phi) is 4.49. The Hall–Kier alpha value is -2.12. The van der Waals surface area contributed by atoms with E-state index in [0.29, 0.717) is 26.5 Å². The van der Waals surface area contributed by atoms with Gasteiger partial charge in [-0.2, -0.15) is 0 Å². The second-order valence-corrected chi connectivity index (χ2v) is 6.74. The molecule has 0 aliphatic carbocycles. The van der Waals surface area contributed by atoms with Gasteiger partial charge >= 0.3 is 0 Å². The molecule has 0 amide bonds. The first-order valence-corrected chi connectivity index (χ1v) is 8.48. The molecule has 5 nitrogen and oxygen atoms in total. The molecule has 1 N–H and O–H groups in total. The van der Waals surface area contributed by atoms with Gasteiger partial charge in [-0.3, -0.25) is 10.2 Å². The van der Waals surface area contributed by atoms with Crippen LogP contribution in [0.1, 0.15) is 16.5 Å². The Morgan fingerprint density at radius 2 is 2.13 bits per heavy atom. The first kappa shape index (κ1) is 15.8. The zero-order valence-electron chi connectivity index (χ0n) is 12.5. The molecule has 3 rings (SSSR count). The van der Waals surface area contributed by atoms with Crippen molar-refractivity contribution in [2.45, 2.75) is 5.92 Å². The highest BCUT2D eigenvalue weighted by atomic mass is 32.2. The molecule has 0 saturated carbocycles. The molecule has 0 bridgehead atoms. The SMILES string of the molecule is COc1cccc(/C=C2\SC(=N)[C@H](c3nccs3)C2=O)c1OC. The number of thioether (sulfide) groups is 1. The van der Waals surface area contributed by atoms with E-state index in [1.807, 2.05) is 17.5 Å². The zero-order chi connectivity index (χ0) is 16.4. The maximum Gasteiger partial charge on any atom is 0.186 e. The number of ether oxygens (including phenoxy) is 2. The van der Waals surface area contributed by atoms with E-state index in [9.17, 15) is 4.79 Å². The summed E-state index contributed by atoms with van der Waals surface area (Å²) < 4.78 is 10.7. The molecule has 0 unspecified atom stereocenters. The van der Waals surface area contributed by atoms with E-state index in [-0.39, 0.29) is 5.78 Å².